The van der Waals surface area contributed by atoms with Crippen molar-refractivity contribution in [2.75, 3.05) is 26.2 Å². The Balaban J connectivity index is 1.75. The van der Waals surface area contributed by atoms with E-state index in [-0.39, 0.29) is 0 Å². The second-order valence-electron chi connectivity index (χ2n) is 6.48. The molecule has 0 spiro atoms. The van der Waals surface area contributed by atoms with Gasteiger partial charge in [-0.25, -0.2) is 0 Å². The average molecular weight is 252 g/mol. The second kappa shape index (κ2) is 6.91. The summed E-state index contributed by atoms with van der Waals surface area (Å²) in [6.07, 6.45) is 11.4. The Bertz CT molecular complexity index is 229. The van der Waals surface area contributed by atoms with Crippen molar-refractivity contribution in [1.29, 1.82) is 0 Å². The van der Waals surface area contributed by atoms with Gasteiger partial charge in [-0.1, -0.05) is 46.0 Å². The Morgan fingerprint density at radius 1 is 1.11 bits per heavy atom. The molecule has 0 radical (unpaired) electrons. The Morgan fingerprint density at radius 3 is 2.50 bits per heavy atom. The highest BCUT2D eigenvalue weighted by atomic mass is 15.2. The van der Waals surface area contributed by atoms with Crippen LogP contribution in [0.15, 0.2) is 0 Å². The van der Waals surface area contributed by atoms with E-state index in [0.717, 1.165) is 5.92 Å². The molecule has 2 heteroatoms. The van der Waals surface area contributed by atoms with E-state index in [4.69, 9.17) is 0 Å². The SMILES string of the molecule is CCC1(CC)CN(CCC2CCCCC2)CCN1. The van der Waals surface area contributed by atoms with Gasteiger partial charge in [0.25, 0.3) is 0 Å². The summed E-state index contributed by atoms with van der Waals surface area (Å²) in [5.41, 5.74) is 0.408. The van der Waals surface area contributed by atoms with Crippen molar-refractivity contribution in [3.05, 3.63) is 0 Å². The maximum atomic E-state index is 3.76. The normalized spacial score (nSPS) is 26.3. The van der Waals surface area contributed by atoms with Crippen LogP contribution in [0.2, 0.25) is 0 Å². The molecule has 0 aromatic carbocycles. The van der Waals surface area contributed by atoms with Gasteiger partial charge in [-0.3, -0.25) is 0 Å². The number of nitrogens with one attached hydrogen (secondary N) is 1. The molecule has 18 heavy (non-hydrogen) atoms. The van der Waals surface area contributed by atoms with E-state index < -0.39 is 0 Å². The zero-order valence-corrected chi connectivity index (χ0v) is 12.5. The molecular weight excluding hydrogens is 220 g/mol. The number of rotatable bonds is 5. The van der Waals surface area contributed by atoms with Crippen LogP contribution in [-0.4, -0.2) is 36.6 Å². The van der Waals surface area contributed by atoms with Crippen molar-refractivity contribution < 1.29 is 0 Å². The maximum absolute atomic E-state index is 3.76. The van der Waals surface area contributed by atoms with Crippen molar-refractivity contribution >= 4 is 0 Å². The number of nitrogens with zero attached hydrogens (tertiary/aromatic N) is 1. The van der Waals surface area contributed by atoms with Gasteiger partial charge in [0.15, 0.2) is 0 Å². The van der Waals surface area contributed by atoms with Crippen LogP contribution >= 0.6 is 0 Å². The van der Waals surface area contributed by atoms with Crippen LogP contribution in [0.5, 0.6) is 0 Å². The fourth-order valence-corrected chi connectivity index (χ4v) is 3.80. The van der Waals surface area contributed by atoms with Gasteiger partial charge in [-0.15, -0.1) is 0 Å². The van der Waals surface area contributed by atoms with Crippen molar-refractivity contribution in [2.24, 2.45) is 5.92 Å². The zero-order chi connectivity index (χ0) is 12.8. The minimum absolute atomic E-state index is 0.408. The molecule has 1 saturated heterocycles. The van der Waals surface area contributed by atoms with E-state index in [2.05, 4.69) is 24.1 Å². The molecule has 2 fully saturated rings. The van der Waals surface area contributed by atoms with Gasteiger partial charge in [-0.2, -0.15) is 0 Å². The predicted octanol–water partition coefficient (Wildman–Crippen LogP) is 3.42. The Kier molecular flexibility index (Phi) is 5.50. The van der Waals surface area contributed by atoms with Crippen molar-refractivity contribution in [3.8, 4) is 0 Å². The summed E-state index contributed by atoms with van der Waals surface area (Å²) in [6, 6.07) is 0. The largest absolute Gasteiger partial charge is 0.309 e. The van der Waals surface area contributed by atoms with E-state index in [1.54, 1.807) is 0 Å². The third kappa shape index (κ3) is 3.71. The van der Waals surface area contributed by atoms with Gasteiger partial charge in [0.2, 0.25) is 0 Å². The highest BCUT2D eigenvalue weighted by molar-refractivity contribution is 4.92. The smallest absolute Gasteiger partial charge is 0.0304 e. The van der Waals surface area contributed by atoms with Crippen LogP contribution in [0.25, 0.3) is 0 Å². The monoisotopic (exact) mass is 252 g/mol. The molecule has 0 aromatic heterocycles. The molecule has 0 unspecified atom stereocenters. The molecule has 2 nitrogen and oxygen atoms in total. The summed E-state index contributed by atoms with van der Waals surface area (Å²) < 4.78 is 0. The topological polar surface area (TPSA) is 15.3 Å². The molecule has 0 bridgehead atoms. The van der Waals surface area contributed by atoms with Gasteiger partial charge < -0.3 is 10.2 Å². The standard InChI is InChI=1S/C16H32N2/c1-3-16(4-2)14-18(13-11-17-16)12-10-15-8-6-5-7-9-15/h15,17H,3-14H2,1-2H3. The third-order valence-electron chi connectivity index (χ3n) is 5.39. The van der Waals surface area contributed by atoms with Gasteiger partial charge >= 0.3 is 0 Å². The number of hydrogen-bond acceptors (Lipinski definition) is 2. The first-order valence-corrected chi connectivity index (χ1v) is 8.25. The Labute approximate surface area is 114 Å². The summed E-state index contributed by atoms with van der Waals surface area (Å²) in [6.45, 7) is 9.73. The second-order valence-corrected chi connectivity index (χ2v) is 6.48. The first-order valence-electron chi connectivity index (χ1n) is 8.25. The molecular formula is C16H32N2. The average Bonchev–Trinajstić information content (AvgIpc) is 2.46. The number of piperazine rings is 1. The van der Waals surface area contributed by atoms with Crippen LogP contribution < -0.4 is 5.32 Å². The summed E-state index contributed by atoms with van der Waals surface area (Å²) in [5, 5.41) is 3.76. The third-order valence-corrected chi connectivity index (χ3v) is 5.39. The number of hydrogen-bond donors (Lipinski definition) is 1. The molecule has 2 rings (SSSR count). The quantitative estimate of drug-likeness (QED) is 0.806. The van der Waals surface area contributed by atoms with E-state index in [0.29, 0.717) is 5.54 Å². The van der Waals surface area contributed by atoms with Crippen LogP contribution in [-0.2, 0) is 0 Å². The summed E-state index contributed by atoms with van der Waals surface area (Å²) in [7, 11) is 0. The molecule has 1 heterocycles. The van der Waals surface area contributed by atoms with Crippen LogP contribution in [0.1, 0.15) is 65.2 Å². The van der Waals surface area contributed by atoms with E-state index in [9.17, 15) is 0 Å². The van der Waals surface area contributed by atoms with Crippen molar-refractivity contribution in [1.82, 2.24) is 10.2 Å². The minimum Gasteiger partial charge on any atom is -0.309 e. The van der Waals surface area contributed by atoms with Crippen molar-refractivity contribution in [2.45, 2.75) is 70.8 Å². The van der Waals surface area contributed by atoms with Gasteiger partial charge in [-0.05, 0) is 31.7 Å². The van der Waals surface area contributed by atoms with Crippen LogP contribution in [0, 0.1) is 5.92 Å². The summed E-state index contributed by atoms with van der Waals surface area (Å²) in [4.78, 5) is 2.72. The molecule has 1 saturated carbocycles. The van der Waals surface area contributed by atoms with Gasteiger partial charge in [0, 0.05) is 25.2 Å². The lowest BCUT2D eigenvalue weighted by molar-refractivity contribution is 0.115. The maximum Gasteiger partial charge on any atom is 0.0304 e. The fourth-order valence-electron chi connectivity index (χ4n) is 3.80. The molecule has 1 aliphatic carbocycles. The summed E-state index contributed by atoms with van der Waals surface area (Å²) >= 11 is 0. The molecule has 0 amide bonds. The first kappa shape index (κ1) is 14.3. The minimum atomic E-state index is 0.408. The Hall–Kier alpha value is -0.0800. The lowest BCUT2D eigenvalue weighted by atomic mass is 9.86. The highest BCUT2D eigenvalue weighted by Crippen LogP contribution is 2.27. The Morgan fingerprint density at radius 2 is 1.83 bits per heavy atom. The predicted molar refractivity (Wildman–Crippen MR) is 78.9 cm³/mol. The van der Waals surface area contributed by atoms with E-state index in [1.807, 2.05) is 0 Å². The highest BCUT2D eigenvalue weighted by Gasteiger charge is 2.31. The fraction of sp³-hybridized carbons (Fsp3) is 1.00. The van der Waals surface area contributed by atoms with Gasteiger partial charge in [0.05, 0.1) is 0 Å². The van der Waals surface area contributed by atoms with E-state index in [1.165, 1.54) is 77.5 Å². The molecule has 1 N–H and O–H groups in total. The van der Waals surface area contributed by atoms with Crippen molar-refractivity contribution in [3.63, 3.8) is 0 Å². The van der Waals surface area contributed by atoms with Crippen LogP contribution in [0.3, 0.4) is 0 Å². The van der Waals surface area contributed by atoms with Crippen LogP contribution in [0.4, 0.5) is 0 Å². The first-order chi connectivity index (χ1) is 8.78. The molecule has 1 aliphatic heterocycles. The van der Waals surface area contributed by atoms with E-state index >= 15 is 0 Å². The molecule has 0 atom stereocenters. The van der Waals surface area contributed by atoms with Gasteiger partial charge in [0.1, 0.15) is 0 Å². The lowest BCUT2D eigenvalue weighted by Gasteiger charge is -2.43. The molecule has 2 aliphatic rings. The molecule has 106 valence electrons. The lowest BCUT2D eigenvalue weighted by Crippen LogP contribution is -2.59. The molecule has 0 aromatic rings. The summed E-state index contributed by atoms with van der Waals surface area (Å²) in [5.74, 6) is 1.03. The zero-order valence-electron chi connectivity index (χ0n) is 12.5.